The van der Waals surface area contributed by atoms with Gasteiger partial charge in [-0.25, -0.2) is 0 Å². The van der Waals surface area contributed by atoms with Crippen molar-refractivity contribution in [1.29, 1.82) is 0 Å². The van der Waals surface area contributed by atoms with Crippen LogP contribution in [-0.4, -0.2) is 47.9 Å². The normalized spacial score (nSPS) is 17.1. The van der Waals surface area contributed by atoms with Gasteiger partial charge in [0.1, 0.15) is 5.75 Å². The number of allylic oxidation sites excluding steroid dienone is 1. The first kappa shape index (κ1) is 11.0. The van der Waals surface area contributed by atoms with Gasteiger partial charge in [0.15, 0.2) is 0 Å². The molecule has 1 aliphatic carbocycles. The van der Waals surface area contributed by atoms with Gasteiger partial charge in [0.25, 0.3) is 0 Å². The number of aromatic hydroxyl groups is 1. The Morgan fingerprint density at radius 2 is 2.25 bits per heavy atom. The van der Waals surface area contributed by atoms with Gasteiger partial charge in [-0.05, 0) is 26.2 Å². The number of likely N-dealkylation sites (N-methyl/N-ethyl adjacent to an activating group) is 1. The van der Waals surface area contributed by atoms with Gasteiger partial charge in [-0.1, -0.05) is 0 Å². The third kappa shape index (κ3) is 2.33. The second-order valence-corrected chi connectivity index (χ2v) is 4.25. The topological polar surface area (TPSA) is 51.6 Å². The first-order valence-electron chi connectivity index (χ1n) is 5.42. The molecule has 1 heterocycles. The largest absolute Gasteiger partial charge is 0.506 e. The van der Waals surface area contributed by atoms with Crippen LogP contribution < -0.4 is 0 Å². The minimum absolute atomic E-state index is 0.318. The van der Waals surface area contributed by atoms with E-state index < -0.39 is 0 Å². The summed E-state index contributed by atoms with van der Waals surface area (Å²) < 4.78 is 0. The highest BCUT2D eigenvalue weighted by Gasteiger charge is 2.13. The van der Waals surface area contributed by atoms with Gasteiger partial charge in [0, 0.05) is 36.1 Å². The van der Waals surface area contributed by atoms with Gasteiger partial charge in [0.2, 0.25) is 0 Å². The molecule has 0 unspecified atom stereocenters. The van der Waals surface area contributed by atoms with Gasteiger partial charge >= 0.3 is 0 Å². The summed E-state index contributed by atoms with van der Waals surface area (Å²) >= 11 is 0. The van der Waals surface area contributed by atoms with Crippen molar-refractivity contribution in [3.63, 3.8) is 0 Å². The second-order valence-electron chi connectivity index (χ2n) is 4.25. The molecule has 1 aromatic rings. The van der Waals surface area contributed by atoms with Crippen LogP contribution >= 0.6 is 0 Å². The predicted octanol–water partition coefficient (Wildman–Crippen LogP) is 1.29. The Labute approximate surface area is 95.3 Å². The van der Waals surface area contributed by atoms with Crippen LogP contribution in [0.25, 0.3) is 6.08 Å². The molecular formula is C12H17N3O. The van der Waals surface area contributed by atoms with Crippen molar-refractivity contribution < 1.29 is 5.11 Å². The number of nitrogens with zero attached hydrogens (tertiary/aromatic N) is 2. The molecule has 16 heavy (non-hydrogen) atoms. The fraction of sp³-hybridized carbons (Fsp3) is 0.417. The molecule has 0 saturated carbocycles. The monoisotopic (exact) mass is 219 g/mol. The molecule has 0 amide bonds. The van der Waals surface area contributed by atoms with E-state index in [1.165, 1.54) is 0 Å². The van der Waals surface area contributed by atoms with Crippen LogP contribution in [0.2, 0.25) is 0 Å². The third-order valence-corrected chi connectivity index (χ3v) is 2.65. The van der Waals surface area contributed by atoms with Crippen LogP contribution in [0.1, 0.15) is 11.3 Å². The Bertz CT molecular complexity index is 429. The van der Waals surface area contributed by atoms with Gasteiger partial charge in [-0.2, -0.15) is 0 Å². The summed E-state index contributed by atoms with van der Waals surface area (Å²) in [5, 5.41) is 9.50. The SMILES string of the molecule is CN(C)CCN=C1C=Cc2c(O)c[nH]c2C1. The van der Waals surface area contributed by atoms with Crippen molar-refractivity contribution in [1.82, 2.24) is 9.88 Å². The molecule has 0 radical (unpaired) electrons. The van der Waals surface area contributed by atoms with E-state index in [2.05, 4.69) is 14.9 Å². The molecule has 1 aromatic heterocycles. The van der Waals surface area contributed by atoms with Crippen molar-refractivity contribution in [3.8, 4) is 5.75 Å². The van der Waals surface area contributed by atoms with E-state index in [-0.39, 0.29) is 0 Å². The molecule has 0 atom stereocenters. The molecule has 2 rings (SSSR count). The molecule has 1 aliphatic rings. The first-order chi connectivity index (χ1) is 7.66. The maximum absolute atomic E-state index is 9.50. The highest BCUT2D eigenvalue weighted by atomic mass is 16.3. The number of aromatic amines is 1. The first-order valence-corrected chi connectivity index (χ1v) is 5.42. The molecule has 86 valence electrons. The Morgan fingerprint density at radius 3 is 3.00 bits per heavy atom. The van der Waals surface area contributed by atoms with Crippen LogP contribution in [0.4, 0.5) is 0 Å². The van der Waals surface area contributed by atoms with Gasteiger partial charge in [-0.3, -0.25) is 4.99 Å². The Balaban J connectivity index is 2.03. The van der Waals surface area contributed by atoms with E-state index in [0.29, 0.717) is 5.75 Å². The minimum atomic E-state index is 0.318. The van der Waals surface area contributed by atoms with Crippen LogP contribution in [0, 0.1) is 0 Å². The lowest BCUT2D eigenvalue weighted by atomic mass is 10.0. The lowest BCUT2D eigenvalue weighted by Crippen LogP contribution is -2.16. The van der Waals surface area contributed by atoms with E-state index in [1.807, 2.05) is 26.2 Å². The summed E-state index contributed by atoms with van der Waals surface area (Å²) in [5.74, 6) is 0.318. The van der Waals surface area contributed by atoms with Crippen LogP contribution in [0.5, 0.6) is 5.75 Å². The summed E-state index contributed by atoms with van der Waals surface area (Å²) in [6, 6.07) is 0. The Morgan fingerprint density at radius 1 is 1.44 bits per heavy atom. The number of nitrogens with one attached hydrogen (secondary N) is 1. The second kappa shape index (κ2) is 4.53. The Hall–Kier alpha value is -1.55. The molecule has 0 aromatic carbocycles. The predicted molar refractivity (Wildman–Crippen MR) is 66.1 cm³/mol. The average molecular weight is 219 g/mol. The van der Waals surface area contributed by atoms with E-state index >= 15 is 0 Å². The summed E-state index contributed by atoms with van der Waals surface area (Å²) in [5.41, 5.74) is 3.01. The van der Waals surface area contributed by atoms with Gasteiger partial charge in [-0.15, -0.1) is 0 Å². The lowest BCUT2D eigenvalue weighted by Gasteiger charge is -2.10. The van der Waals surface area contributed by atoms with Crippen LogP contribution in [0.15, 0.2) is 17.3 Å². The van der Waals surface area contributed by atoms with Crippen molar-refractivity contribution in [3.05, 3.63) is 23.5 Å². The molecule has 0 aliphatic heterocycles. The number of hydrogen-bond donors (Lipinski definition) is 2. The fourth-order valence-corrected chi connectivity index (χ4v) is 1.72. The zero-order valence-electron chi connectivity index (χ0n) is 9.70. The molecule has 4 heteroatoms. The molecule has 0 fully saturated rings. The maximum atomic E-state index is 9.50. The van der Waals surface area contributed by atoms with Crippen molar-refractivity contribution in [2.45, 2.75) is 6.42 Å². The third-order valence-electron chi connectivity index (χ3n) is 2.65. The zero-order valence-corrected chi connectivity index (χ0v) is 9.70. The standard InChI is InChI=1S/C12H17N3O/c1-15(2)6-5-13-9-3-4-10-11(7-9)14-8-12(10)16/h3-4,8,14,16H,5-7H2,1-2H3. The number of H-pyrrole nitrogens is 1. The van der Waals surface area contributed by atoms with E-state index in [9.17, 15) is 5.11 Å². The Kier molecular flexibility index (Phi) is 3.10. The average Bonchev–Trinajstić information content (AvgIpc) is 2.60. The van der Waals surface area contributed by atoms with Crippen LogP contribution in [-0.2, 0) is 6.42 Å². The van der Waals surface area contributed by atoms with Crippen LogP contribution in [0.3, 0.4) is 0 Å². The van der Waals surface area contributed by atoms with Gasteiger partial charge < -0.3 is 15.0 Å². The molecule has 0 bridgehead atoms. The summed E-state index contributed by atoms with van der Waals surface area (Å²) in [4.78, 5) is 9.69. The summed E-state index contributed by atoms with van der Waals surface area (Å²) in [6.45, 7) is 1.77. The number of aromatic nitrogens is 1. The van der Waals surface area contributed by atoms with Crippen molar-refractivity contribution in [2.75, 3.05) is 27.2 Å². The van der Waals surface area contributed by atoms with Gasteiger partial charge in [0.05, 0.1) is 6.54 Å². The lowest BCUT2D eigenvalue weighted by molar-refractivity contribution is 0.420. The fourth-order valence-electron chi connectivity index (χ4n) is 1.72. The summed E-state index contributed by atoms with van der Waals surface area (Å²) in [6.07, 6.45) is 6.29. The molecular weight excluding hydrogens is 202 g/mol. The zero-order chi connectivity index (χ0) is 11.5. The number of aliphatic imine (C=N–C) groups is 1. The van der Waals surface area contributed by atoms with E-state index in [0.717, 1.165) is 36.5 Å². The quantitative estimate of drug-likeness (QED) is 0.805. The molecule has 0 spiro atoms. The highest BCUT2D eigenvalue weighted by molar-refractivity contribution is 6.02. The summed E-state index contributed by atoms with van der Waals surface area (Å²) in [7, 11) is 4.08. The number of rotatable bonds is 3. The maximum Gasteiger partial charge on any atom is 0.140 e. The van der Waals surface area contributed by atoms with E-state index in [4.69, 9.17) is 0 Å². The van der Waals surface area contributed by atoms with Crippen molar-refractivity contribution >= 4 is 11.8 Å². The minimum Gasteiger partial charge on any atom is -0.506 e. The highest BCUT2D eigenvalue weighted by Crippen LogP contribution is 2.25. The number of fused-ring (bicyclic) bond motifs is 1. The smallest absolute Gasteiger partial charge is 0.140 e. The van der Waals surface area contributed by atoms with E-state index in [1.54, 1.807) is 6.20 Å². The molecule has 2 N–H and O–H groups in total. The number of hydrogen-bond acceptors (Lipinski definition) is 3. The molecule has 4 nitrogen and oxygen atoms in total. The molecule has 0 saturated heterocycles. The van der Waals surface area contributed by atoms with Crippen molar-refractivity contribution in [2.24, 2.45) is 4.99 Å².